The summed E-state index contributed by atoms with van der Waals surface area (Å²) in [6.07, 6.45) is 10.0. The Morgan fingerprint density at radius 2 is 1.72 bits per heavy atom. The van der Waals surface area contributed by atoms with Crippen LogP contribution in [0.1, 0.15) is 64.7 Å². The number of benzene rings is 1. The van der Waals surface area contributed by atoms with Crippen LogP contribution in [-0.4, -0.2) is 32.4 Å². The fraction of sp³-hybridized carbons (Fsp3) is 0.684. The fourth-order valence-corrected chi connectivity index (χ4v) is 4.78. The molecule has 0 N–H and O–H groups in total. The number of halogens is 1. The largest absolute Gasteiger partial charge is 0.492 e. The molecule has 1 fully saturated rings. The highest BCUT2D eigenvalue weighted by Crippen LogP contribution is 2.30. The van der Waals surface area contributed by atoms with Crippen molar-refractivity contribution >= 4 is 21.6 Å². The van der Waals surface area contributed by atoms with Gasteiger partial charge in [-0.25, -0.2) is 8.42 Å². The lowest BCUT2D eigenvalue weighted by Gasteiger charge is -2.26. The molecule has 0 amide bonds. The summed E-state index contributed by atoms with van der Waals surface area (Å²) in [5, 5.41) is 0.462. The molecule has 0 aromatic heterocycles. The third-order valence-corrected chi connectivity index (χ3v) is 6.82. The number of hydrogen-bond acceptors (Lipinski definition) is 3. The molecule has 0 unspecified atom stereocenters. The molecule has 25 heavy (non-hydrogen) atoms. The first-order valence-corrected chi connectivity index (χ1v) is 11.3. The second-order valence-corrected chi connectivity index (χ2v) is 9.02. The summed E-state index contributed by atoms with van der Waals surface area (Å²) in [5.74, 6) is 0.466. The van der Waals surface area contributed by atoms with Crippen LogP contribution in [0.5, 0.6) is 5.75 Å². The molecular formula is C19H30ClNO3S. The number of hydrogen-bond donors (Lipinski definition) is 0. The summed E-state index contributed by atoms with van der Waals surface area (Å²) in [7, 11) is -3.45. The van der Waals surface area contributed by atoms with E-state index in [-0.39, 0.29) is 4.90 Å². The molecule has 0 spiro atoms. The zero-order valence-electron chi connectivity index (χ0n) is 15.2. The van der Waals surface area contributed by atoms with Crippen molar-refractivity contribution in [3.63, 3.8) is 0 Å². The highest BCUT2D eigenvalue weighted by atomic mass is 35.5. The van der Waals surface area contributed by atoms with E-state index in [1.807, 2.05) is 0 Å². The number of piperidine rings is 1. The molecular weight excluding hydrogens is 358 g/mol. The van der Waals surface area contributed by atoms with Crippen LogP contribution in [0.2, 0.25) is 5.02 Å². The maximum absolute atomic E-state index is 12.8. The van der Waals surface area contributed by atoms with Crippen molar-refractivity contribution in [3.8, 4) is 5.75 Å². The number of sulfonamides is 1. The maximum Gasteiger partial charge on any atom is 0.243 e. The lowest BCUT2D eigenvalue weighted by Crippen LogP contribution is -2.35. The minimum Gasteiger partial charge on any atom is -0.492 e. The van der Waals surface area contributed by atoms with E-state index in [4.69, 9.17) is 16.3 Å². The SMILES string of the molecule is CCCCCCCCOc1cc(S(=O)(=O)N2CCCCC2)ccc1Cl. The first kappa shape index (κ1) is 20.5. The summed E-state index contributed by atoms with van der Waals surface area (Å²) in [6, 6.07) is 4.77. The van der Waals surface area contributed by atoms with Crippen molar-refractivity contribution in [1.82, 2.24) is 4.31 Å². The van der Waals surface area contributed by atoms with E-state index in [1.165, 1.54) is 25.7 Å². The normalized spacial score (nSPS) is 16.1. The molecule has 0 bridgehead atoms. The topological polar surface area (TPSA) is 46.6 Å². The highest BCUT2D eigenvalue weighted by molar-refractivity contribution is 7.89. The van der Waals surface area contributed by atoms with Gasteiger partial charge in [0.05, 0.1) is 16.5 Å². The molecule has 0 atom stereocenters. The third-order valence-electron chi connectivity index (χ3n) is 4.61. The summed E-state index contributed by atoms with van der Waals surface area (Å²) in [5.41, 5.74) is 0. The smallest absolute Gasteiger partial charge is 0.243 e. The van der Waals surface area contributed by atoms with Gasteiger partial charge in [-0.1, -0.05) is 57.0 Å². The molecule has 0 saturated carbocycles. The van der Waals surface area contributed by atoms with E-state index in [0.29, 0.717) is 30.5 Å². The van der Waals surface area contributed by atoms with Crippen LogP contribution in [-0.2, 0) is 10.0 Å². The second kappa shape index (κ2) is 10.4. The van der Waals surface area contributed by atoms with Gasteiger partial charge < -0.3 is 4.74 Å². The first-order valence-electron chi connectivity index (χ1n) is 9.48. The Morgan fingerprint density at radius 1 is 1.04 bits per heavy atom. The van der Waals surface area contributed by atoms with Gasteiger partial charge in [-0.2, -0.15) is 4.31 Å². The van der Waals surface area contributed by atoms with Crippen molar-refractivity contribution < 1.29 is 13.2 Å². The molecule has 142 valence electrons. The number of unbranched alkanes of at least 4 members (excludes halogenated alkanes) is 5. The summed E-state index contributed by atoms with van der Waals surface area (Å²) in [4.78, 5) is 0.275. The Bertz CT molecular complexity index is 628. The lowest BCUT2D eigenvalue weighted by molar-refractivity contribution is 0.303. The van der Waals surface area contributed by atoms with Gasteiger partial charge in [0.1, 0.15) is 5.75 Å². The van der Waals surface area contributed by atoms with E-state index < -0.39 is 10.0 Å². The quantitative estimate of drug-likeness (QED) is 0.515. The van der Waals surface area contributed by atoms with Gasteiger partial charge in [0.2, 0.25) is 10.0 Å². The minimum atomic E-state index is -3.45. The van der Waals surface area contributed by atoms with Gasteiger partial charge in [-0.15, -0.1) is 0 Å². The average Bonchev–Trinajstić information content (AvgIpc) is 2.63. The molecule has 1 aliphatic heterocycles. The zero-order chi connectivity index (χ0) is 18.1. The molecule has 1 aromatic carbocycles. The Balaban J connectivity index is 1.93. The number of rotatable bonds is 10. The molecule has 1 heterocycles. The molecule has 0 radical (unpaired) electrons. The lowest BCUT2D eigenvalue weighted by atomic mass is 10.1. The van der Waals surface area contributed by atoms with Gasteiger partial charge in [-0.05, 0) is 31.4 Å². The van der Waals surface area contributed by atoms with Crippen molar-refractivity contribution in [2.45, 2.75) is 69.6 Å². The van der Waals surface area contributed by atoms with Crippen molar-refractivity contribution in [1.29, 1.82) is 0 Å². The molecule has 6 heteroatoms. The number of nitrogens with zero attached hydrogens (tertiary/aromatic N) is 1. The Labute approximate surface area is 157 Å². The van der Waals surface area contributed by atoms with E-state index in [9.17, 15) is 8.42 Å². The van der Waals surface area contributed by atoms with Crippen LogP contribution >= 0.6 is 11.6 Å². The molecule has 4 nitrogen and oxygen atoms in total. The van der Waals surface area contributed by atoms with E-state index in [0.717, 1.165) is 32.1 Å². The van der Waals surface area contributed by atoms with Crippen molar-refractivity contribution in [3.05, 3.63) is 23.2 Å². The van der Waals surface area contributed by atoms with Gasteiger partial charge >= 0.3 is 0 Å². The standard InChI is InChI=1S/C19H30ClNO3S/c1-2-3-4-5-6-10-15-24-19-16-17(11-12-18(19)20)25(22,23)21-13-8-7-9-14-21/h11-12,16H,2-10,13-15H2,1H3. The van der Waals surface area contributed by atoms with Gasteiger partial charge in [0.15, 0.2) is 0 Å². The summed E-state index contributed by atoms with van der Waals surface area (Å²) < 4.78 is 32.8. The predicted octanol–water partition coefficient (Wildman–Crippen LogP) is 5.25. The van der Waals surface area contributed by atoms with E-state index in [1.54, 1.807) is 22.5 Å². The third kappa shape index (κ3) is 6.15. The second-order valence-electron chi connectivity index (χ2n) is 6.67. The highest BCUT2D eigenvalue weighted by Gasteiger charge is 2.26. The summed E-state index contributed by atoms with van der Waals surface area (Å²) >= 11 is 6.18. The molecule has 1 saturated heterocycles. The van der Waals surface area contributed by atoms with Crippen molar-refractivity contribution in [2.75, 3.05) is 19.7 Å². The first-order chi connectivity index (χ1) is 12.1. The van der Waals surface area contributed by atoms with Crippen molar-refractivity contribution in [2.24, 2.45) is 0 Å². The molecule has 1 aromatic rings. The molecule has 0 aliphatic carbocycles. The average molecular weight is 388 g/mol. The van der Waals surface area contributed by atoms with Crippen LogP contribution in [0, 0.1) is 0 Å². The summed E-state index contributed by atoms with van der Waals surface area (Å²) in [6.45, 7) is 3.97. The van der Waals surface area contributed by atoms with Gasteiger partial charge in [-0.3, -0.25) is 0 Å². The van der Waals surface area contributed by atoms with Crippen LogP contribution in [0.3, 0.4) is 0 Å². The van der Waals surface area contributed by atoms with Gasteiger partial charge in [0.25, 0.3) is 0 Å². The minimum absolute atomic E-state index is 0.275. The van der Waals surface area contributed by atoms with Crippen LogP contribution in [0.25, 0.3) is 0 Å². The van der Waals surface area contributed by atoms with Gasteiger partial charge in [0, 0.05) is 19.2 Å². The number of ether oxygens (including phenoxy) is 1. The fourth-order valence-electron chi connectivity index (χ4n) is 3.07. The Hall–Kier alpha value is -0.780. The zero-order valence-corrected chi connectivity index (χ0v) is 16.7. The maximum atomic E-state index is 12.8. The molecule has 2 rings (SSSR count). The molecule has 1 aliphatic rings. The Kier molecular flexibility index (Phi) is 8.53. The van der Waals surface area contributed by atoms with Crippen LogP contribution in [0.4, 0.5) is 0 Å². The van der Waals surface area contributed by atoms with Crippen LogP contribution in [0.15, 0.2) is 23.1 Å². The predicted molar refractivity (Wildman–Crippen MR) is 103 cm³/mol. The van der Waals surface area contributed by atoms with E-state index >= 15 is 0 Å². The monoisotopic (exact) mass is 387 g/mol. The Morgan fingerprint density at radius 3 is 2.44 bits per heavy atom. The van der Waals surface area contributed by atoms with E-state index in [2.05, 4.69) is 6.92 Å². The van der Waals surface area contributed by atoms with Crippen LogP contribution < -0.4 is 4.74 Å².